The molecule has 29 heavy (non-hydrogen) atoms. The Labute approximate surface area is 180 Å². The van der Waals surface area contributed by atoms with E-state index < -0.39 is 0 Å². The van der Waals surface area contributed by atoms with E-state index in [-0.39, 0.29) is 17.6 Å². The van der Waals surface area contributed by atoms with Crippen molar-refractivity contribution in [3.05, 3.63) is 56.7 Å². The molecule has 5 nitrogen and oxygen atoms in total. The van der Waals surface area contributed by atoms with Crippen LogP contribution in [0.2, 0.25) is 5.02 Å². The number of carbonyl (C=O) groups is 3. The normalized spacial score (nSPS) is 16.5. The summed E-state index contributed by atoms with van der Waals surface area (Å²) < 4.78 is 0. The maximum atomic E-state index is 12.7. The zero-order valence-electron chi connectivity index (χ0n) is 16.4. The fraction of sp³-hybridized carbons (Fsp3) is 0.409. The van der Waals surface area contributed by atoms with Crippen molar-refractivity contribution in [2.45, 2.75) is 39.2 Å². The number of carbonyl (C=O) groups excluding carboxylic acids is 3. The molecule has 2 heterocycles. The van der Waals surface area contributed by atoms with Gasteiger partial charge in [0, 0.05) is 31.1 Å². The van der Waals surface area contributed by atoms with Crippen LogP contribution < -0.4 is 5.32 Å². The number of ketones is 1. The third-order valence-electron chi connectivity index (χ3n) is 5.18. The molecule has 0 unspecified atom stereocenters. The average Bonchev–Trinajstić information content (AvgIpc) is 3.22. The molecule has 2 amide bonds. The highest BCUT2D eigenvalue weighted by molar-refractivity contribution is 7.15. The number of hydrogen-bond donors (Lipinski definition) is 1. The monoisotopic (exact) mass is 432 g/mol. The Morgan fingerprint density at radius 2 is 1.93 bits per heavy atom. The molecule has 3 rings (SSSR count). The van der Waals surface area contributed by atoms with Crippen LogP contribution in [0.4, 0.5) is 0 Å². The van der Waals surface area contributed by atoms with E-state index in [0.29, 0.717) is 40.2 Å². The molecule has 1 fully saturated rings. The summed E-state index contributed by atoms with van der Waals surface area (Å²) in [5.74, 6) is 0.271. The summed E-state index contributed by atoms with van der Waals surface area (Å²) in [5, 5.41) is 3.57. The molecule has 0 saturated carbocycles. The van der Waals surface area contributed by atoms with Crippen LogP contribution in [0.5, 0.6) is 0 Å². The molecule has 0 radical (unpaired) electrons. The van der Waals surface area contributed by atoms with Crippen LogP contribution in [-0.4, -0.2) is 35.6 Å². The summed E-state index contributed by atoms with van der Waals surface area (Å²) in [7, 11) is 0. The van der Waals surface area contributed by atoms with Crippen molar-refractivity contribution in [3.8, 4) is 0 Å². The highest BCUT2D eigenvalue weighted by Crippen LogP contribution is 2.25. The summed E-state index contributed by atoms with van der Waals surface area (Å²) in [4.78, 5) is 39.5. The number of nitrogens with one attached hydrogen (secondary N) is 1. The van der Waals surface area contributed by atoms with Gasteiger partial charge in [-0.05, 0) is 55.9 Å². The predicted octanol–water partition coefficient (Wildman–Crippen LogP) is 4.55. The second-order valence-electron chi connectivity index (χ2n) is 7.39. The van der Waals surface area contributed by atoms with Crippen LogP contribution >= 0.6 is 22.9 Å². The van der Waals surface area contributed by atoms with Crippen LogP contribution in [0.15, 0.2) is 36.4 Å². The van der Waals surface area contributed by atoms with Crippen molar-refractivity contribution in [2.24, 2.45) is 5.92 Å². The van der Waals surface area contributed by atoms with Crippen molar-refractivity contribution in [1.82, 2.24) is 10.2 Å². The van der Waals surface area contributed by atoms with E-state index in [0.717, 1.165) is 31.4 Å². The zero-order valence-corrected chi connectivity index (χ0v) is 18.0. The van der Waals surface area contributed by atoms with E-state index in [1.54, 1.807) is 12.1 Å². The molecule has 154 valence electrons. The molecule has 7 heteroatoms. The van der Waals surface area contributed by atoms with Gasteiger partial charge in [0.1, 0.15) is 0 Å². The third kappa shape index (κ3) is 5.90. The molecular weight excluding hydrogens is 408 g/mol. The van der Waals surface area contributed by atoms with Crippen LogP contribution in [0.25, 0.3) is 0 Å². The molecule has 1 aliphatic heterocycles. The van der Waals surface area contributed by atoms with Gasteiger partial charge in [-0.25, -0.2) is 0 Å². The number of thiophene rings is 1. The van der Waals surface area contributed by atoms with E-state index >= 15 is 0 Å². The maximum Gasteiger partial charge on any atom is 0.263 e. The Balaban J connectivity index is 1.46. The first-order chi connectivity index (χ1) is 13.9. The number of nitrogens with zero attached hydrogens (tertiary/aromatic N) is 1. The topological polar surface area (TPSA) is 66.5 Å². The Morgan fingerprint density at radius 1 is 1.17 bits per heavy atom. The third-order valence-corrected chi connectivity index (χ3v) is 6.73. The quantitative estimate of drug-likeness (QED) is 0.652. The van der Waals surface area contributed by atoms with Crippen molar-refractivity contribution >= 4 is 40.5 Å². The summed E-state index contributed by atoms with van der Waals surface area (Å²) in [6.07, 6.45) is 3.14. The van der Waals surface area contributed by atoms with E-state index in [9.17, 15) is 14.4 Å². The van der Waals surface area contributed by atoms with Crippen LogP contribution in [0.3, 0.4) is 0 Å². The van der Waals surface area contributed by atoms with Gasteiger partial charge < -0.3 is 10.2 Å². The zero-order chi connectivity index (χ0) is 20.8. The lowest BCUT2D eigenvalue weighted by atomic mass is 9.93. The fourth-order valence-electron chi connectivity index (χ4n) is 3.54. The lowest BCUT2D eigenvalue weighted by molar-refractivity contribution is -0.121. The predicted molar refractivity (Wildman–Crippen MR) is 115 cm³/mol. The first kappa shape index (κ1) is 21.5. The first-order valence-electron chi connectivity index (χ1n) is 9.84. The number of amides is 2. The molecule has 0 bridgehead atoms. The van der Waals surface area contributed by atoms with Gasteiger partial charge in [-0.2, -0.15) is 0 Å². The number of piperidine rings is 1. The van der Waals surface area contributed by atoms with Gasteiger partial charge >= 0.3 is 0 Å². The highest BCUT2D eigenvalue weighted by Gasteiger charge is 2.26. The number of rotatable bonds is 7. The molecule has 1 N–H and O–H groups in total. The van der Waals surface area contributed by atoms with Crippen LogP contribution in [0.1, 0.15) is 57.5 Å². The Kier molecular flexibility index (Phi) is 7.45. The van der Waals surface area contributed by atoms with Crippen molar-refractivity contribution in [1.29, 1.82) is 0 Å². The molecule has 0 aliphatic carbocycles. The molecule has 1 saturated heterocycles. The number of hydrogen-bond acceptors (Lipinski definition) is 4. The Morgan fingerprint density at radius 3 is 2.66 bits per heavy atom. The summed E-state index contributed by atoms with van der Waals surface area (Å²) in [5.41, 5.74) is 0.901. The van der Waals surface area contributed by atoms with E-state index in [4.69, 9.17) is 11.6 Å². The van der Waals surface area contributed by atoms with Gasteiger partial charge in [-0.1, -0.05) is 29.8 Å². The molecule has 2 aromatic rings. The Bertz CT molecular complexity index is 896. The average molecular weight is 433 g/mol. The molecule has 1 atom stereocenters. The summed E-state index contributed by atoms with van der Waals surface area (Å²) in [6, 6.07) is 10.9. The molecule has 1 aromatic heterocycles. The van der Waals surface area contributed by atoms with Crippen LogP contribution in [-0.2, 0) is 11.3 Å². The van der Waals surface area contributed by atoms with E-state index in [1.165, 1.54) is 18.3 Å². The minimum Gasteiger partial charge on any atom is -0.352 e. The van der Waals surface area contributed by atoms with E-state index in [2.05, 4.69) is 5.32 Å². The van der Waals surface area contributed by atoms with Crippen LogP contribution in [0, 0.1) is 5.92 Å². The first-order valence-corrected chi connectivity index (χ1v) is 11.0. The summed E-state index contributed by atoms with van der Waals surface area (Å²) in [6.45, 7) is 3.31. The van der Waals surface area contributed by atoms with Gasteiger partial charge in [-0.3, -0.25) is 14.4 Å². The lowest BCUT2D eigenvalue weighted by Gasteiger charge is -2.32. The fourth-order valence-corrected chi connectivity index (χ4v) is 4.61. The minimum atomic E-state index is -0.0200. The number of Topliss-reactive ketones (excluding diaryl/α,β-unsaturated/α-hetero) is 1. The van der Waals surface area contributed by atoms with Gasteiger partial charge in [0.15, 0.2) is 5.78 Å². The van der Waals surface area contributed by atoms with Gasteiger partial charge in [0.2, 0.25) is 5.91 Å². The number of likely N-dealkylation sites (tertiary alicyclic amines) is 1. The Hall–Kier alpha value is -2.18. The largest absolute Gasteiger partial charge is 0.352 e. The minimum absolute atomic E-state index is 0.00211. The van der Waals surface area contributed by atoms with Crippen molar-refractivity contribution in [3.63, 3.8) is 0 Å². The van der Waals surface area contributed by atoms with Gasteiger partial charge in [0.05, 0.1) is 9.75 Å². The van der Waals surface area contributed by atoms with Crippen molar-refractivity contribution in [2.75, 3.05) is 13.1 Å². The number of halogens is 1. The maximum absolute atomic E-state index is 12.7. The smallest absolute Gasteiger partial charge is 0.263 e. The standard InChI is InChI=1S/C22H25ClN2O3S/c1-15(26)19-9-10-20(29-19)22(28)25-12-4-5-16(14-25)8-11-21(27)24-13-17-6-2-3-7-18(17)23/h2-3,6-7,9-10,16H,4-5,8,11-14H2,1H3,(H,24,27)/t16-/m0/s1. The molecule has 0 spiro atoms. The van der Waals surface area contributed by atoms with E-state index in [1.807, 2.05) is 29.2 Å². The second-order valence-corrected chi connectivity index (χ2v) is 8.88. The lowest BCUT2D eigenvalue weighted by Crippen LogP contribution is -2.40. The SMILES string of the molecule is CC(=O)c1ccc(C(=O)N2CCC[C@@H](CCC(=O)NCc3ccccc3Cl)C2)s1. The summed E-state index contributed by atoms with van der Waals surface area (Å²) >= 11 is 7.37. The molecular formula is C22H25ClN2O3S. The molecule has 1 aromatic carbocycles. The van der Waals surface area contributed by atoms with Gasteiger partial charge in [-0.15, -0.1) is 11.3 Å². The second kappa shape index (κ2) is 10.0. The molecule has 1 aliphatic rings. The van der Waals surface area contributed by atoms with Gasteiger partial charge in [0.25, 0.3) is 5.91 Å². The number of benzene rings is 1. The highest BCUT2D eigenvalue weighted by atomic mass is 35.5. The van der Waals surface area contributed by atoms with Crippen molar-refractivity contribution < 1.29 is 14.4 Å².